The lowest BCUT2D eigenvalue weighted by Gasteiger charge is -2.08. The fourth-order valence-corrected chi connectivity index (χ4v) is 1.55. The Morgan fingerprint density at radius 1 is 1.14 bits per heavy atom. The topological polar surface area (TPSA) is 33.7 Å². The molecule has 2 rings (SSSR count). The summed E-state index contributed by atoms with van der Waals surface area (Å²) in [7, 11) is 1.96. The van der Waals surface area contributed by atoms with Crippen molar-refractivity contribution in [2.45, 2.75) is 6.92 Å². The van der Waals surface area contributed by atoms with Gasteiger partial charge in [-0.3, -0.25) is 10.1 Å². The summed E-state index contributed by atoms with van der Waals surface area (Å²) in [4.78, 5) is 0. The van der Waals surface area contributed by atoms with Crippen molar-refractivity contribution in [3.05, 3.63) is 47.6 Å². The number of aromatic nitrogens is 2. The maximum absolute atomic E-state index is 7.81. The summed E-state index contributed by atoms with van der Waals surface area (Å²) in [5.74, 6) is 0. The highest BCUT2D eigenvalue weighted by Crippen LogP contribution is 2.04. The molecule has 0 fully saturated rings. The highest BCUT2D eigenvalue weighted by molar-refractivity contribution is 5.30. The molecule has 3 heteroatoms. The van der Waals surface area contributed by atoms with Gasteiger partial charge in [-0.05, 0) is 19.1 Å². The van der Waals surface area contributed by atoms with Crippen LogP contribution in [0, 0.1) is 12.3 Å². The number of rotatable bonds is 1. The first-order chi connectivity index (χ1) is 6.70. The Labute approximate surface area is 82.7 Å². The normalized spacial score (nSPS) is 10.4. The smallest absolute Gasteiger partial charge is 0.146 e. The van der Waals surface area contributed by atoms with Crippen LogP contribution in [0.3, 0.4) is 0 Å². The molecule has 0 atom stereocenters. The fraction of sp³-hybridized carbons (Fsp3) is 0.182. The van der Waals surface area contributed by atoms with E-state index in [2.05, 4.69) is 0 Å². The summed E-state index contributed by atoms with van der Waals surface area (Å²) in [5, 5.41) is 7.81. The van der Waals surface area contributed by atoms with Crippen LogP contribution in [-0.2, 0) is 7.05 Å². The van der Waals surface area contributed by atoms with Crippen LogP contribution in [0.2, 0.25) is 0 Å². The molecule has 72 valence electrons. The summed E-state index contributed by atoms with van der Waals surface area (Å²) >= 11 is 0. The van der Waals surface area contributed by atoms with Crippen LogP contribution < -0.4 is 5.49 Å². The van der Waals surface area contributed by atoms with Crippen molar-refractivity contribution < 1.29 is 0 Å². The van der Waals surface area contributed by atoms with Crippen molar-refractivity contribution in [3.63, 3.8) is 0 Å². The molecule has 1 aromatic carbocycles. The number of aryl methyl sites for hydroxylation is 1. The number of benzene rings is 1. The Hall–Kier alpha value is -1.77. The minimum atomic E-state index is 0.510. The molecule has 0 spiro atoms. The number of hydrogen-bond acceptors (Lipinski definition) is 1. The van der Waals surface area contributed by atoms with Crippen LogP contribution in [-0.4, -0.2) is 9.36 Å². The Morgan fingerprint density at radius 3 is 2.29 bits per heavy atom. The second-order valence-electron chi connectivity index (χ2n) is 3.34. The molecule has 0 saturated heterocycles. The predicted octanol–water partition coefficient (Wildman–Crippen LogP) is 1.60. The molecule has 0 aliphatic rings. The molecule has 0 aliphatic heterocycles. The van der Waals surface area contributed by atoms with Crippen LogP contribution in [0.25, 0.3) is 5.69 Å². The molecule has 3 nitrogen and oxygen atoms in total. The second-order valence-corrected chi connectivity index (χ2v) is 3.34. The molecule has 0 aliphatic carbocycles. The van der Waals surface area contributed by atoms with E-state index < -0.39 is 0 Å². The maximum atomic E-state index is 7.81. The average Bonchev–Trinajstić information content (AvgIpc) is 2.43. The highest BCUT2D eigenvalue weighted by Gasteiger charge is 2.02. The molecular weight excluding hydrogens is 174 g/mol. The molecule has 2 aromatic rings. The molecule has 0 radical (unpaired) electrons. The van der Waals surface area contributed by atoms with Gasteiger partial charge < -0.3 is 0 Å². The number of hydrogen-bond donors (Lipinski definition) is 1. The van der Waals surface area contributed by atoms with Gasteiger partial charge in [0.05, 0.1) is 5.69 Å². The van der Waals surface area contributed by atoms with Crippen molar-refractivity contribution in [3.8, 4) is 5.69 Å². The zero-order valence-electron chi connectivity index (χ0n) is 8.36. The van der Waals surface area contributed by atoms with Crippen LogP contribution in [0.4, 0.5) is 0 Å². The number of nitrogens with zero attached hydrogens (tertiary/aromatic N) is 2. The Balaban J connectivity index is 2.69. The van der Waals surface area contributed by atoms with E-state index in [4.69, 9.17) is 5.41 Å². The van der Waals surface area contributed by atoms with E-state index in [1.54, 1.807) is 0 Å². The molecule has 0 unspecified atom stereocenters. The van der Waals surface area contributed by atoms with Crippen molar-refractivity contribution in [1.82, 2.24) is 9.36 Å². The largest absolute Gasteiger partial charge is 0.287 e. The third-order valence-corrected chi connectivity index (χ3v) is 2.38. The van der Waals surface area contributed by atoms with Crippen molar-refractivity contribution in [2.24, 2.45) is 7.05 Å². The summed E-state index contributed by atoms with van der Waals surface area (Å²) < 4.78 is 3.84. The fourth-order valence-electron chi connectivity index (χ4n) is 1.55. The molecule has 14 heavy (non-hydrogen) atoms. The van der Waals surface area contributed by atoms with E-state index in [1.165, 1.54) is 0 Å². The van der Waals surface area contributed by atoms with Gasteiger partial charge in [0, 0.05) is 18.8 Å². The Kier molecular flexibility index (Phi) is 2.00. The van der Waals surface area contributed by atoms with E-state index in [9.17, 15) is 0 Å². The Morgan fingerprint density at radius 2 is 1.79 bits per heavy atom. The van der Waals surface area contributed by atoms with E-state index in [1.807, 2.05) is 59.7 Å². The standard InChI is InChI=1S/C11H13N3/c1-9-8-11(12)14(13(9)2)10-6-4-3-5-7-10/h3-8,12H,1-2H3. The number of para-hydroxylation sites is 1. The first-order valence-electron chi connectivity index (χ1n) is 4.56. The second kappa shape index (κ2) is 3.18. The highest BCUT2D eigenvalue weighted by atomic mass is 15.4. The van der Waals surface area contributed by atoms with Gasteiger partial charge in [-0.15, -0.1) is 0 Å². The lowest BCUT2D eigenvalue weighted by Crippen LogP contribution is -2.19. The van der Waals surface area contributed by atoms with Crippen LogP contribution in [0.5, 0.6) is 0 Å². The third-order valence-electron chi connectivity index (χ3n) is 2.38. The Bertz CT molecular complexity index is 491. The molecular formula is C11H13N3. The first-order valence-corrected chi connectivity index (χ1v) is 4.56. The molecule has 1 N–H and O–H groups in total. The van der Waals surface area contributed by atoms with Crippen molar-refractivity contribution >= 4 is 0 Å². The van der Waals surface area contributed by atoms with Gasteiger partial charge in [0.2, 0.25) is 0 Å². The lowest BCUT2D eigenvalue weighted by atomic mass is 10.3. The van der Waals surface area contributed by atoms with Gasteiger partial charge in [-0.25, -0.2) is 4.68 Å². The molecule has 0 saturated carbocycles. The van der Waals surface area contributed by atoms with E-state index >= 15 is 0 Å². The minimum Gasteiger partial charge on any atom is -0.287 e. The van der Waals surface area contributed by atoms with Gasteiger partial charge in [0.25, 0.3) is 0 Å². The molecule has 1 aromatic heterocycles. The van der Waals surface area contributed by atoms with Gasteiger partial charge >= 0.3 is 0 Å². The quantitative estimate of drug-likeness (QED) is 0.703. The summed E-state index contributed by atoms with van der Waals surface area (Å²) in [5.41, 5.74) is 2.61. The van der Waals surface area contributed by atoms with Crippen molar-refractivity contribution in [1.29, 1.82) is 5.41 Å². The predicted molar refractivity (Wildman–Crippen MR) is 55.3 cm³/mol. The third kappa shape index (κ3) is 1.27. The van der Waals surface area contributed by atoms with Gasteiger partial charge in [0.15, 0.2) is 0 Å². The van der Waals surface area contributed by atoms with Crippen LogP contribution in [0.15, 0.2) is 36.4 Å². The van der Waals surface area contributed by atoms with Crippen molar-refractivity contribution in [2.75, 3.05) is 0 Å². The maximum Gasteiger partial charge on any atom is 0.146 e. The van der Waals surface area contributed by atoms with Gasteiger partial charge in [-0.1, -0.05) is 18.2 Å². The van der Waals surface area contributed by atoms with E-state index in [0.717, 1.165) is 11.4 Å². The van der Waals surface area contributed by atoms with E-state index in [0.29, 0.717) is 5.49 Å². The zero-order valence-corrected chi connectivity index (χ0v) is 8.36. The lowest BCUT2D eigenvalue weighted by molar-refractivity contribution is 0.619. The monoisotopic (exact) mass is 187 g/mol. The molecule has 0 bridgehead atoms. The van der Waals surface area contributed by atoms with Crippen LogP contribution in [0.1, 0.15) is 5.69 Å². The van der Waals surface area contributed by atoms with Gasteiger partial charge in [-0.2, -0.15) is 0 Å². The number of nitrogens with one attached hydrogen (secondary N) is 1. The van der Waals surface area contributed by atoms with Crippen LogP contribution >= 0.6 is 0 Å². The van der Waals surface area contributed by atoms with E-state index in [-0.39, 0.29) is 0 Å². The summed E-state index contributed by atoms with van der Waals surface area (Å²) in [6, 6.07) is 11.8. The minimum absolute atomic E-state index is 0.510. The SMILES string of the molecule is Cc1cc(=N)n(-c2ccccc2)n1C. The average molecular weight is 187 g/mol. The molecule has 0 amide bonds. The summed E-state index contributed by atoms with van der Waals surface area (Å²) in [6.45, 7) is 2.00. The summed E-state index contributed by atoms with van der Waals surface area (Å²) in [6.07, 6.45) is 0. The van der Waals surface area contributed by atoms with Gasteiger partial charge in [0.1, 0.15) is 5.49 Å². The zero-order chi connectivity index (χ0) is 10.1. The first kappa shape index (κ1) is 8.81. The molecule has 1 heterocycles.